The van der Waals surface area contributed by atoms with Crippen LogP contribution in [-0.4, -0.2) is 17.1 Å². The summed E-state index contributed by atoms with van der Waals surface area (Å²) >= 11 is 3.19. The summed E-state index contributed by atoms with van der Waals surface area (Å²) in [6.45, 7) is 1.96. The van der Waals surface area contributed by atoms with E-state index in [1.807, 2.05) is 19.1 Å². The van der Waals surface area contributed by atoms with Crippen LogP contribution in [0.15, 0.2) is 45.7 Å². The molecule has 0 bridgehead atoms. The first kappa shape index (κ1) is 14.7. The van der Waals surface area contributed by atoms with E-state index in [1.165, 1.54) is 6.26 Å². The maximum Gasteiger partial charge on any atom is 0.255 e. The lowest BCUT2D eigenvalue weighted by Gasteiger charge is -2.13. The number of aromatic hydroxyl groups is 1. The van der Waals surface area contributed by atoms with E-state index in [9.17, 15) is 9.90 Å². The van der Waals surface area contributed by atoms with Crippen LogP contribution >= 0.6 is 15.9 Å². The van der Waals surface area contributed by atoms with Crippen LogP contribution < -0.4 is 5.32 Å². The summed E-state index contributed by atoms with van der Waals surface area (Å²) in [6.07, 6.45) is 3.14. The zero-order chi connectivity index (χ0) is 14.5. The Morgan fingerprint density at radius 1 is 1.35 bits per heavy atom. The minimum Gasteiger partial charge on any atom is -0.508 e. The third kappa shape index (κ3) is 3.87. The first-order valence-electron chi connectivity index (χ1n) is 6.38. The van der Waals surface area contributed by atoms with Crippen LogP contribution in [0.2, 0.25) is 0 Å². The number of nitrogens with one attached hydrogen (secondary N) is 1. The highest BCUT2D eigenvalue weighted by atomic mass is 79.9. The molecule has 0 saturated heterocycles. The number of rotatable bonds is 5. The zero-order valence-electron chi connectivity index (χ0n) is 11.1. The molecule has 1 unspecified atom stereocenters. The molecule has 0 radical (unpaired) electrons. The van der Waals surface area contributed by atoms with Crippen molar-refractivity contribution < 1.29 is 14.3 Å². The smallest absolute Gasteiger partial charge is 0.255 e. The normalized spacial score (nSPS) is 12.1. The Labute approximate surface area is 125 Å². The van der Waals surface area contributed by atoms with Gasteiger partial charge in [-0.15, -0.1) is 0 Å². The number of halogens is 1. The van der Waals surface area contributed by atoms with Crippen LogP contribution in [0.3, 0.4) is 0 Å². The van der Waals surface area contributed by atoms with Gasteiger partial charge in [-0.25, -0.2) is 0 Å². The predicted molar refractivity (Wildman–Crippen MR) is 79.8 cm³/mol. The predicted octanol–water partition coefficient (Wildman–Crippen LogP) is 3.50. The third-order valence-electron chi connectivity index (χ3n) is 3.04. The summed E-state index contributed by atoms with van der Waals surface area (Å²) in [6, 6.07) is 8.79. The molecule has 0 spiro atoms. The maximum absolute atomic E-state index is 12.0. The number of aryl methyl sites for hydroxylation is 1. The molecule has 0 saturated carbocycles. The molecule has 0 aliphatic rings. The molecular weight excluding hydrogens is 322 g/mol. The molecule has 0 fully saturated rings. The monoisotopic (exact) mass is 337 g/mol. The molecule has 0 aliphatic heterocycles. The number of amides is 1. The average Bonchev–Trinajstić information content (AvgIpc) is 2.84. The van der Waals surface area contributed by atoms with Crippen LogP contribution in [0.1, 0.15) is 29.3 Å². The maximum atomic E-state index is 12.0. The number of carbonyl (C=O) groups excluding carboxylic acids is 1. The van der Waals surface area contributed by atoms with Crippen LogP contribution in [0.5, 0.6) is 5.75 Å². The van der Waals surface area contributed by atoms with Gasteiger partial charge in [-0.1, -0.05) is 12.1 Å². The largest absolute Gasteiger partial charge is 0.508 e. The van der Waals surface area contributed by atoms with Crippen molar-refractivity contribution in [2.75, 3.05) is 0 Å². The van der Waals surface area contributed by atoms with E-state index in [0.29, 0.717) is 10.2 Å². The van der Waals surface area contributed by atoms with E-state index in [4.69, 9.17) is 4.42 Å². The fraction of sp³-hybridized carbons (Fsp3) is 0.267. The first-order chi connectivity index (χ1) is 9.56. The molecule has 1 amide bonds. The molecule has 20 heavy (non-hydrogen) atoms. The molecule has 1 heterocycles. The Bertz CT molecular complexity index is 577. The van der Waals surface area contributed by atoms with Gasteiger partial charge in [0, 0.05) is 6.04 Å². The number of phenols is 1. The second-order valence-corrected chi connectivity index (χ2v) is 5.41. The van der Waals surface area contributed by atoms with Crippen molar-refractivity contribution in [3.05, 3.63) is 52.4 Å². The SMILES string of the molecule is CC(CCc1ccc(O)cc1)NC(=O)c1ccoc1Br. The van der Waals surface area contributed by atoms with Gasteiger partial charge < -0.3 is 14.8 Å². The Hall–Kier alpha value is -1.75. The van der Waals surface area contributed by atoms with E-state index in [1.54, 1.807) is 18.2 Å². The lowest BCUT2D eigenvalue weighted by molar-refractivity contribution is 0.0936. The number of phenolic OH excluding ortho intramolecular Hbond substituents is 1. The number of carbonyl (C=O) groups is 1. The molecule has 2 N–H and O–H groups in total. The Morgan fingerprint density at radius 3 is 2.65 bits per heavy atom. The lowest BCUT2D eigenvalue weighted by atomic mass is 10.1. The number of furan rings is 1. The molecule has 0 aliphatic carbocycles. The van der Waals surface area contributed by atoms with E-state index < -0.39 is 0 Å². The van der Waals surface area contributed by atoms with Gasteiger partial charge in [-0.3, -0.25) is 4.79 Å². The lowest BCUT2D eigenvalue weighted by Crippen LogP contribution is -2.32. The third-order valence-corrected chi connectivity index (χ3v) is 3.66. The highest BCUT2D eigenvalue weighted by Gasteiger charge is 2.14. The van der Waals surface area contributed by atoms with E-state index >= 15 is 0 Å². The van der Waals surface area contributed by atoms with Crippen LogP contribution in [0, 0.1) is 0 Å². The molecule has 1 aromatic heterocycles. The van der Waals surface area contributed by atoms with Crippen molar-refractivity contribution in [1.29, 1.82) is 0 Å². The van der Waals surface area contributed by atoms with Gasteiger partial charge in [-0.05, 0) is 59.5 Å². The second kappa shape index (κ2) is 6.61. The van der Waals surface area contributed by atoms with E-state index in [-0.39, 0.29) is 17.7 Å². The molecule has 2 rings (SSSR count). The van der Waals surface area contributed by atoms with Crippen LogP contribution in [0.25, 0.3) is 0 Å². The van der Waals surface area contributed by atoms with Gasteiger partial charge in [0.05, 0.1) is 11.8 Å². The number of hydrogen-bond donors (Lipinski definition) is 2. The summed E-state index contributed by atoms with van der Waals surface area (Å²) in [5.74, 6) is 0.115. The standard InChI is InChI=1S/C15H16BrNO3/c1-10(2-3-11-4-6-12(18)7-5-11)17-15(19)13-8-9-20-14(13)16/h4-10,18H,2-3H2,1H3,(H,17,19). The summed E-state index contributed by atoms with van der Waals surface area (Å²) in [4.78, 5) is 12.0. The topological polar surface area (TPSA) is 62.5 Å². The minimum atomic E-state index is -0.149. The van der Waals surface area contributed by atoms with Crippen molar-refractivity contribution in [2.45, 2.75) is 25.8 Å². The van der Waals surface area contributed by atoms with E-state index in [0.717, 1.165) is 18.4 Å². The Balaban J connectivity index is 1.83. The van der Waals surface area contributed by atoms with Crippen molar-refractivity contribution in [2.24, 2.45) is 0 Å². The molecule has 5 heteroatoms. The van der Waals surface area contributed by atoms with Gasteiger partial charge in [0.1, 0.15) is 5.75 Å². The fourth-order valence-corrected chi connectivity index (χ4v) is 2.30. The van der Waals surface area contributed by atoms with Gasteiger partial charge in [-0.2, -0.15) is 0 Å². The summed E-state index contributed by atoms with van der Waals surface area (Å²) in [5.41, 5.74) is 1.63. The molecule has 1 atom stereocenters. The highest BCUT2D eigenvalue weighted by Crippen LogP contribution is 2.17. The average molecular weight is 338 g/mol. The van der Waals surface area contributed by atoms with Crippen LogP contribution in [-0.2, 0) is 6.42 Å². The van der Waals surface area contributed by atoms with E-state index in [2.05, 4.69) is 21.2 Å². The fourth-order valence-electron chi connectivity index (χ4n) is 1.88. The minimum absolute atomic E-state index is 0.0538. The summed E-state index contributed by atoms with van der Waals surface area (Å²) in [7, 11) is 0. The molecular formula is C15H16BrNO3. The molecule has 1 aromatic carbocycles. The van der Waals surface area contributed by atoms with Gasteiger partial charge >= 0.3 is 0 Å². The second-order valence-electron chi connectivity index (χ2n) is 4.69. The number of benzene rings is 1. The quantitative estimate of drug-likeness (QED) is 0.877. The van der Waals surface area contributed by atoms with Crippen LogP contribution in [0.4, 0.5) is 0 Å². The van der Waals surface area contributed by atoms with Gasteiger partial charge in [0.15, 0.2) is 4.67 Å². The Morgan fingerprint density at radius 2 is 2.05 bits per heavy atom. The highest BCUT2D eigenvalue weighted by molar-refractivity contribution is 9.10. The summed E-state index contributed by atoms with van der Waals surface area (Å²) in [5, 5.41) is 12.1. The van der Waals surface area contributed by atoms with Gasteiger partial charge in [0.2, 0.25) is 0 Å². The first-order valence-corrected chi connectivity index (χ1v) is 7.17. The molecule has 4 nitrogen and oxygen atoms in total. The van der Waals surface area contributed by atoms with Crippen molar-refractivity contribution >= 4 is 21.8 Å². The van der Waals surface area contributed by atoms with Crippen molar-refractivity contribution in [1.82, 2.24) is 5.32 Å². The Kier molecular flexibility index (Phi) is 4.84. The zero-order valence-corrected chi connectivity index (χ0v) is 12.7. The summed E-state index contributed by atoms with van der Waals surface area (Å²) < 4.78 is 5.48. The van der Waals surface area contributed by atoms with Crippen molar-refractivity contribution in [3.8, 4) is 5.75 Å². The molecule has 2 aromatic rings. The molecule has 106 valence electrons. The van der Waals surface area contributed by atoms with Crippen molar-refractivity contribution in [3.63, 3.8) is 0 Å². The number of hydrogen-bond acceptors (Lipinski definition) is 3. The van der Waals surface area contributed by atoms with Gasteiger partial charge in [0.25, 0.3) is 5.91 Å².